The minimum Gasteiger partial charge on any atom is -0.451 e. The molecule has 0 fully saturated rings. The summed E-state index contributed by atoms with van der Waals surface area (Å²) >= 11 is 0. The van der Waals surface area contributed by atoms with Gasteiger partial charge in [0.25, 0.3) is 6.47 Å². The lowest BCUT2D eigenvalue weighted by Crippen LogP contribution is -2.12. The van der Waals surface area contributed by atoms with Gasteiger partial charge in [0.15, 0.2) is 15.8 Å². The Balaban J connectivity index is 3.71. The van der Waals surface area contributed by atoms with Crippen LogP contribution in [0.25, 0.3) is 0 Å². The number of rotatable bonds is 6. The monoisotopic (exact) mass is 180 g/mol. The topological polar surface area (TPSA) is 60.4 Å². The van der Waals surface area contributed by atoms with E-state index in [-0.39, 0.29) is 12.2 Å². The molecule has 4 nitrogen and oxygen atoms in total. The quantitative estimate of drug-likeness (QED) is 0.553. The van der Waals surface area contributed by atoms with E-state index in [1.807, 2.05) is 6.92 Å². The number of sulfone groups is 1. The first-order valence-corrected chi connectivity index (χ1v) is 5.20. The molecule has 0 N–H and O–H groups in total. The highest BCUT2D eigenvalue weighted by molar-refractivity contribution is 7.91. The molecule has 0 aliphatic rings. The van der Waals surface area contributed by atoms with Crippen molar-refractivity contribution < 1.29 is 17.9 Å². The molecule has 0 atom stereocenters. The maximum Gasteiger partial charge on any atom is 0.294 e. The zero-order valence-corrected chi connectivity index (χ0v) is 7.26. The van der Waals surface area contributed by atoms with Gasteiger partial charge < -0.3 is 4.74 Å². The molecule has 11 heavy (non-hydrogen) atoms. The molecule has 0 unspecified atom stereocenters. The summed E-state index contributed by atoms with van der Waals surface area (Å²) in [6, 6.07) is 0. The van der Waals surface area contributed by atoms with Crippen molar-refractivity contribution in [1.82, 2.24) is 0 Å². The van der Waals surface area contributed by atoms with Gasteiger partial charge in [-0.2, -0.15) is 0 Å². The third-order valence-corrected chi connectivity index (χ3v) is 2.53. The number of hydrogen-bond acceptors (Lipinski definition) is 4. The summed E-state index contributed by atoms with van der Waals surface area (Å²) in [5, 5.41) is 0. The van der Waals surface area contributed by atoms with Gasteiger partial charge in [-0.3, -0.25) is 4.79 Å². The first-order valence-electron chi connectivity index (χ1n) is 3.38. The molecule has 0 saturated heterocycles. The van der Waals surface area contributed by atoms with Gasteiger partial charge >= 0.3 is 0 Å². The Morgan fingerprint density at radius 1 is 1.45 bits per heavy atom. The molecule has 0 spiro atoms. The molecule has 0 rings (SSSR count). The first kappa shape index (κ1) is 10.4. The molecule has 5 heteroatoms. The first-order chi connectivity index (χ1) is 5.12. The molecule has 0 aromatic carbocycles. The molecular formula is C6H12O4S. The smallest absolute Gasteiger partial charge is 0.294 e. The second-order valence-electron chi connectivity index (χ2n) is 2.18. The summed E-state index contributed by atoms with van der Waals surface area (Å²) < 4.78 is 25.9. The number of ether oxygens (including phenoxy) is 1. The molecule has 0 saturated carbocycles. The fraction of sp³-hybridized carbons (Fsp3) is 0.833. The maximum atomic E-state index is 10.9. The van der Waals surface area contributed by atoms with Gasteiger partial charge in [-0.25, -0.2) is 8.42 Å². The predicted molar refractivity (Wildman–Crippen MR) is 40.7 cm³/mol. The summed E-state index contributed by atoms with van der Waals surface area (Å²) in [4.78, 5) is 9.64. The fourth-order valence-electron chi connectivity index (χ4n) is 0.555. The van der Waals surface area contributed by atoms with Crippen LogP contribution in [0.4, 0.5) is 0 Å². The van der Waals surface area contributed by atoms with Gasteiger partial charge in [-0.1, -0.05) is 13.3 Å². The van der Waals surface area contributed by atoms with Crippen molar-refractivity contribution >= 4 is 16.3 Å². The lowest BCUT2D eigenvalue weighted by atomic mass is 10.4. The van der Waals surface area contributed by atoms with E-state index in [4.69, 9.17) is 0 Å². The molecule has 0 bridgehead atoms. The average molecular weight is 180 g/mol. The van der Waals surface area contributed by atoms with Crippen molar-refractivity contribution in [2.45, 2.75) is 19.8 Å². The van der Waals surface area contributed by atoms with Crippen molar-refractivity contribution in [2.24, 2.45) is 0 Å². The zero-order valence-electron chi connectivity index (χ0n) is 6.45. The van der Waals surface area contributed by atoms with Gasteiger partial charge in [-0.05, 0) is 6.42 Å². The second-order valence-corrected chi connectivity index (χ2v) is 4.31. The fourth-order valence-corrected chi connectivity index (χ4v) is 1.66. The third kappa shape index (κ3) is 5.84. The summed E-state index contributed by atoms with van der Waals surface area (Å²) in [5.74, 6) is -0.395. The van der Waals surface area contributed by atoms with Crippen LogP contribution in [0.1, 0.15) is 19.8 Å². The van der Waals surface area contributed by atoms with E-state index in [1.54, 1.807) is 0 Å². The van der Waals surface area contributed by atoms with Crippen LogP contribution in [0.15, 0.2) is 0 Å². The number of carbonyl (C=O) groups excluding carboxylic acids is 1. The van der Waals surface area contributed by atoms with Gasteiger partial charge in [0, 0.05) is 0 Å². The predicted octanol–water partition coefficient (Wildman–Crippen LogP) is 0.332. The van der Waals surface area contributed by atoms with Crippen molar-refractivity contribution in [2.75, 3.05) is 11.7 Å². The SMILES string of the molecule is CCCCS(=O)(=O)COC=O. The van der Waals surface area contributed by atoms with E-state index in [9.17, 15) is 13.2 Å². The Hall–Kier alpha value is -0.580. The summed E-state index contributed by atoms with van der Waals surface area (Å²) in [5.41, 5.74) is 0. The Bertz CT molecular complexity index is 195. The van der Waals surface area contributed by atoms with Crippen molar-refractivity contribution in [3.05, 3.63) is 0 Å². The number of carbonyl (C=O) groups is 1. The van der Waals surface area contributed by atoms with Gasteiger partial charge in [0.05, 0.1) is 5.75 Å². The van der Waals surface area contributed by atoms with Crippen LogP contribution in [-0.4, -0.2) is 26.6 Å². The van der Waals surface area contributed by atoms with Crippen molar-refractivity contribution in [3.8, 4) is 0 Å². The minimum atomic E-state index is -3.16. The Morgan fingerprint density at radius 2 is 2.09 bits per heavy atom. The summed E-state index contributed by atoms with van der Waals surface area (Å²) in [6.07, 6.45) is 1.44. The van der Waals surface area contributed by atoms with Crippen LogP contribution in [0.5, 0.6) is 0 Å². The van der Waals surface area contributed by atoms with Crippen LogP contribution in [0.3, 0.4) is 0 Å². The van der Waals surface area contributed by atoms with Crippen LogP contribution in [0.2, 0.25) is 0 Å². The summed E-state index contributed by atoms with van der Waals surface area (Å²) in [7, 11) is -3.16. The molecule has 0 heterocycles. The average Bonchev–Trinajstić information content (AvgIpc) is 1.97. The molecule has 66 valence electrons. The molecule has 0 aliphatic heterocycles. The van der Waals surface area contributed by atoms with Crippen LogP contribution in [0, 0.1) is 0 Å². The second kappa shape index (κ2) is 5.12. The highest BCUT2D eigenvalue weighted by Crippen LogP contribution is 1.96. The highest BCUT2D eigenvalue weighted by Gasteiger charge is 2.09. The van der Waals surface area contributed by atoms with E-state index in [1.165, 1.54) is 0 Å². The van der Waals surface area contributed by atoms with E-state index in [2.05, 4.69) is 4.74 Å². The van der Waals surface area contributed by atoms with Gasteiger partial charge in [0.1, 0.15) is 0 Å². The maximum absolute atomic E-state index is 10.9. The Labute approximate surface area is 66.5 Å². The Morgan fingerprint density at radius 3 is 2.55 bits per heavy atom. The lowest BCUT2D eigenvalue weighted by Gasteiger charge is -1.99. The van der Waals surface area contributed by atoms with E-state index in [0.717, 1.165) is 6.42 Å². The van der Waals surface area contributed by atoms with Crippen LogP contribution < -0.4 is 0 Å². The highest BCUT2D eigenvalue weighted by atomic mass is 32.2. The third-order valence-electron chi connectivity index (χ3n) is 1.12. The lowest BCUT2D eigenvalue weighted by molar-refractivity contribution is -0.126. The van der Waals surface area contributed by atoms with E-state index in [0.29, 0.717) is 6.42 Å². The molecular weight excluding hydrogens is 168 g/mol. The van der Waals surface area contributed by atoms with Gasteiger partial charge in [-0.15, -0.1) is 0 Å². The van der Waals surface area contributed by atoms with Gasteiger partial charge in [0.2, 0.25) is 0 Å². The number of unbranched alkanes of at least 4 members (excludes halogenated alkanes) is 1. The standard InChI is InChI=1S/C6H12O4S/c1-2-3-4-11(8,9)6-10-5-7/h5H,2-4,6H2,1H3. The number of hydrogen-bond donors (Lipinski definition) is 0. The molecule has 0 aliphatic carbocycles. The van der Waals surface area contributed by atoms with Crippen molar-refractivity contribution in [1.29, 1.82) is 0 Å². The Kier molecular flexibility index (Phi) is 4.85. The van der Waals surface area contributed by atoms with E-state index < -0.39 is 15.8 Å². The summed E-state index contributed by atoms with van der Waals surface area (Å²) in [6.45, 7) is 2.04. The molecule has 0 aromatic rings. The van der Waals surface area contributed by atoms with Crippen LogP contribution >= 0.6 is 0 Å². The normalized spacial score (nSPS) is 11.0. The zero-order chi connectivity index (χ0) is 8.74. The largest absolute Gasteiger partial charge is 0.451 e. The molecule has 0 radical (unpaired) electrons. The van der Waals surface area contributed by atoms with Crippen molar-refractivity contribution in [3.63, 3.8) is 0 Å². The van der Waals surface area contributed by atoms with E-state index >= 15 is 0 Å². The molecule has 0 amide bonds. The minimum absolute atomic E-state index is 0.0946. The molecule has 0 aromatic heterocycles. The van der Waals surface area contributed by atoms with Crippen LogP contribution in [-0.2, 0) is 19.4 Å².